The zero-order valence-corrected chi connectivity index (χ0v) is 43.0. The maximum atomic E-state index is 2.63. The first kappa shape index (κ1) is 53.8. The predicted molar refractivity (Wildman–Crippen MR) is 232 cm³/mol. The fourth-order valence-corrected chi connectivity index (χ4v) is 12.1. The van der Waals surface area contributed by atoms with Gasteiger partial charge in [0.25, 0.3) is 0 Å². The van der Waals surface area contributed by atoms with Gasteiger partial charge in [-0.05, 0) is 65.9 Å². The smallest absolute Gasteiger partial charge is 1.00 e. The predicted octanol–water partition coefficient (Wildman–Crippen LogP) is 2.70. The summed E-state index contributed by atoms with van der Waals surface area (Å²) in [7, 11) is -2.99. The summed E-state index contributed by atoms with van der Waals surface area (Å²) in [5.74, 6) is 0.452. The summed E-state index contributed by atoms with van der Waals surface area (Å²) >= 11 is 0. The van der Waals surface area contributed by atoms with Crippen molar-refractivity contribution in [2.75, 3.05) is 0 Å². The largest absolute Gasteiger partial charge is 4.00 e. The van der Waals surface area contributed by atoms with Gasteiger partial charge in [-0.25, -0.2) is 6.07 Å². The van der Waals surface area contributed by atoms with Gasteiger partial charge in [0.1, 0.15) is 8.07 Å². The van der Waals surface area contributed by atoms with Crippen molar-refractivity contribution in [2.24, 2.45) is 0 Å². The monoisotopic (exact) mass is 854 g/mol. The van der Waals surface area contributed by atoms with Crippen LogP contribution in [0.2, 0.25) is 0 Å². The van der Waals surface area contributed by atoms with Crippen LogP contribution in [-0.4, -0.2) is 8.07 Å². The van der Waals surface area contributed by atoms with Gasteiger partial charge in [0, 0.05) is 0 Å². The average molecular weight is 856 g/mol. The van der Waals surface area contributed by atoms with Crippen LogP contribution in [0.15, 0.2) is 72.8 Å². The van der Waals surface area contributed by atoms with Crippen LogP contribution < -0.4 is 58.0 Å². The Bertz CT molecular complexity index is 1590. The molecule has 5 heteroatoms. The zero-order valence-electron chi connectivity index (χ0n) is 38.1. The molecular formula is C50H73Cl3SiTi. The van der Waals surface area contributed by atoms with Crippen molar-refractivity contribution < 1.29 is 58.9 Å². The van der Waals surface area contributed by atoms with Crippen LogP contribution in [0, 0.1) is 0 Å². The van der Waals surface area contributed by atoms with Crippen LogP contribution in [0.25, 0.3) is 0 Å². The molecule has 0 atom stereocenters. The third kappa shape index (κ3) is 11.7. The molecule has 4 aromatic carbocycles. The van der Waals surface area contributed by atoms with E-state index in [1.807, 2.05) is 0 Å². The molecule has 0 heterocycles. The first-order chi connectivity index (χ1) is 22.9. The van der Waals surface area contributed by atoms with Gasteiger partial charge >= 0.3 is 21.7 Å². The molecule has 302 valence electrons. The van der Waals surface area contributed by atoms with Crippen LogP contribution in [0.4, 0.5) is 0 Å². The van der Waals surface area contributed by atoms with Crippen molar-refractivity contribution in [3.63, 3.8) is 0 Å². The van der Waals surface area contributed by atoms with E-state index in [0.29, 0.717) is 5.92 Å². The molecule has 0 nitrogen and oxygen atoms in total. The molecule has 0 bridgehead atoms. The first-order valence-corrected chi connectivity index (χ1v) is 21.6. The van der Waals surface area contributed by atoms with E-state index in [9.17, 15) is 0 Å². The summed E-state index contributed by atoms with van der Waals surface area (Å²) in [6, 6.07) is 30.8. The standard InChI is InChI=1S/C50H73Si.3ClH.Ti/c1-33(2)34-21-22-41(23-34)51(42-27-35(45(3,4)5)24-36(28-42)46(6,7)8,43-29-37(47(9,10)11)25-38(30-43)48(12,13)14)44-31-39(49(15,16)17)26-40(32-44)50(18,19)20;;;;/h21-33H,1-20H3;3*1H;/q-1;;;;+4/p-3. The van der Waals surface area contributed by atoms with Crippen LogP contribution >= 0.6 is 0 Å². The normalized spacial score (nSPS) is 13.0. The number of halogens is 3. The minimum atomic E-state index is -2.99. The quantitative estimate of drug-likeness (QED) is 0.165. The molecule has 4 aromatic rings. The molecule has 0 aliphatic heterocycles. The van der Waals surface area contributed by atoms with Gasteiger partial charge in [0.2, 0.25) is 0 Å². The fraction of sp³-hybridized carbons (Fsp3) is 0.540. The van der Waals surface area contributed by atoms with E-state index in [2.05, 4.69) is 211 Å². The molecule has 0 spiro atoms. The van der Waals surface area contributed by atoms with E-state index < -0.39 is 8.07 Å². The summed E-state index contributed by atoms with van der Waals surface area (Å²) < 4.78 is 0. The molecule has 0 N–H and O–H groups in total. The Morgan fingerprint density at radius 1 is 0.400 bits per heavy atom. The molecule has 0 saturated carbocycles. The second kappa shape index (κ2) is 18.0. The van der Waals surface area contributed by atoms with Gasteiger partial charge < -0.3 is 37.2 Å². The Morgan fingerprint density at radius 3 is 0.782 bits per heavy atom. The van der Waals surface area contributed by atoms with E-state index >= 15 is 0 Å². The molecule has 0 aliphatic rings. The molecular weight excluding hydrogens is 783 g/mol. The van der Waals surface area contributed by atoms with Crippen LogP contribution in [0.1, 0.15) is 183 Å². The van der Waals surface area contributed by atoms with Gasteiger partial charge in [-0.1, -0.05) is 215 Å². The third-order valence-corrected chi connectivity index (χ3v) is 15.8. The number of benzene rings is 3. The maximum absolute atomic E-state index is 2.99. The summed E-state index contributed by atoms with van der Waals surface area (Å²) in [6.45, 7) is 47.6. The Kier molecular flexibility index (Phi) is 17.6. The van der Waals surface area contributed by atoms with Gasteiger partial charge in [-0.3, -0.25) is 0 Å². The zero-order chi connectivity index (χ0) is 38.9. The SMILES string of the molecule is CC(C)c1cc[c-]([Si](c2cc(C(C)(C)C)cc(C(C)(C)C)c2)(c2cc(C(C)(C)C)cc(C(C)(C)C)c2)c2cc(C(C)(C)C)cc(C(C)(C)C)c2)c1.[Cl-].[Cl-].[Cl-].[Ti+4]. The molecule has 0 aromatic heterocycles. The second-order valence-corrected chi connectivity index (χ2v) is 26.0. The van der Waals surface area contributed by atoms with Crippen molar-refractivity contribution in [2.45, 2.75) is 177 Å². The summed E-state index contributed by atoms with van der Waals surface area (Å²) in [6.07, 6.45) is 0. The Balaban J connectivity index is 0.00000729. The van der Waals surface area contributed by atoms with Gasteiger partial charge in [-0.2, -0.15) is 17.7 Å². The molecule has 0 amide bonds. The van der Waals surface area contributed by atoms with Gasteiger partial charge in [0.05, 0.1) is 0 Å². The van der Waals surface area contributed by atoms with E-state index in [4.69, 9.17) is 0 Å². The van der Waals surface area contributed by atoms with E-state index in [1.54, 1.807) is 0 Å². The van der Waals surface area contributed by atoms with Crippen LogP contribution in [-0.2, 0) is 54.2 Å². The summed E-state index contributed by atoms with van der Waals surface area (Å²) in [4.78, 5) is 0. The van der Waals surface area contributed by atoms with Crippen molar-refractivity contribution >= 4 is 28.8 Å². The minimum Gasteiger partial charge on any atom is -1.00 e. The average Bonchev–Trinajstić information content (AvgIpc) is 3.45. The van der Waals surface area contributed by atoms with Gasteiger partial charge in [-0.15, -0.1) is 5.19 Å². The topological polar surface area (TPSA) is 0 Å². The van der Waals surface area contributed by atoms with E-state index in [0.717, 1.165) is 0 Å². The maximum Gasteiger partial charge on any atom is 4.00 e. The Hall–Kier alpha value is -1.19. The van der Waals surface area contributed by atoms with Crippen molar-refractivity contribution in [1.29, 1.82) is 0 Å². The number of hydrogen-bond acceptors (Lipinski definition) is 0. The molecule has 0 aliphatic carbocycles. The Morgan fingerprint density at radius 2 is 0.618 bits per heavy atom. The number of rotatable bonds is 5. The van der Waals surface area contributed by atoms with Crippen molar-refractivity contribution in [3.8, 4) is 0 Å². The van der Waals surface area contributed by atoms with E-state index in [1.165, 1.54) is 59.7 Å². The molecule has 0 unspecified atom stereocenters. The molecule has 4 rings (SSSR count). The third-order valence-electron chi connectivity index (χ3n) is 11.2. The number of hydrogen-bond donors (Lipinski definition) is 0. The molecule has 0 saturated heterocycles. The molecule has 55 heavy (non-hydrogen) atoms. The second-order valence-electron chi connectivity index (χ2n) is 22.2. The van der Waals surface area contributed by atoms with Crippen LogP contribution in [0.3, 0.4) is 0 Å². The van der Waals surface area contributed by atoms with Gasteiger partial charge in [0.15, 0.2) is 0 Å². The van der Waals surface area contributed by atoms with Crippen molar-refractivity contribution in [3.05, 3.63) is 112 Å². The first-order valence-electron chi connectivity index (χ1n) is 19.6. The minimum absolute atomic E-state index is 0. The van der Waals surface area contributed by atoms with Crippen molar-refractivity contribution in [1.82, 2.24) is 0 Å². The summed E-state index contributed by atoms with van der Waals surface area (Å²) in [5.41, 5.74) is 9.94. The van der Waals surface area contributed by atoms with Crippen LogP contribution in [0.5, 0.6) is 0 Å². The summed E-state index contributed by atoms with van der Waals surface area (Å²) in [5, 5.41) is 5.99. The fourth-order valence-electron chi connectivity index (χ4n) is 7.18. The molecule has 0 radical (unpaired) electrons. The molecule has 0 fully saturated rings. The van der Waals surface area contributed by atoms with E-state index in [-0.39, 0.29) is 91.4 Å². The Labute approximate surface area is 373 Å².